The maximum atomic E-state index is 13.9. The highest BCUT2D eigenvalue weighted by Crippen LogP contribution is 2.52. The van der Waals surface area contributed by atoms with Crippen LogP contribution in [-0.4, -0.2) is 18.0 Å². The smallest absolute Gasteiger partial charge is 0.350 e. The molecule has 0 spiro atoms. The van der Waals surface area contributed by atoms with Crippen LogP contribution in [-0.2, 0) is 11.1 Å². The molecule has 2 amide bonds. The summed E-state index contributed by atoms with van der Waals surface area (Å²) in [5.74, 6) is -0.672. The lowest BCUT2D eigenvalue weighted by molar-refractivity contribution is -0.137. The molecule has 2 aromatic rings. The molecule has 10 heteroatoms. The van der Waals surface area contributed by atoms with Crippen LogP contribution in [0, 0.1) is 11.7 Å². The number of nitrogens with zero attached hydrogens (tertiary/aromatic N) is 1. The largest absolute Gasteiger partial charge is 0.416 e. The number of carbonyl (C=O) groups is 1. The van der Waals surface area contributed by atoms with Gasteiger partial charge in [0.1, 0.15) is 10.7 Å². The van der Waals surface area contributed by atoms with E-state index in [1.165, 1.54) is 42.2 Å². The third-order valence-electron chi connectivity index (χ3n) is 4.32. The van der Waals surface area contributed by atoms with Crippen LogP contribution < -0.4 is 11.2 Å². The zero-order chi connectivity index (χ0) is 20.5. The van der Waals surface area contributed by atoms with Crippen molar-refractivity contribution in [3.8, 4) is 0 Å². The van der Waals surface area contributed by atoms with Gasteiger partial charge in [0, 0.05) is 22.8 Å². The third-order valence-corrected chi connectivity index (χ3v) is 6.22. The number of nitrogens with two attached hydrogens (primary N) is 1. The number of benzene rings is 2. The summed E-state index contributed by atoms with van der Waals surface area (Å²) < 4.78 is 52.7. The van der Waals surface area contributed by atoms with Gasteiger partial charge in [0.25, 0.3) is 0 Å². The Labute approximate surface area is 167 Å². The summed E-state index contributed by atoms with van der Waals surface area (Å²) in [7, 11) is 0. The van der Waals surface area contributed by atoms with Crippen molar-refractivity contribution in [2.24, 2.45) is 16.8 Å². The van der Waals surface area contributed by atoms with Crippen molar-refractivity contribution in [3.63, 3.8) is 0 Å². The molecule has 0 aliphatic carbocycles. The van der Waals surface area contributed by atoms with Crippen molar-refractivity contribution >= 4 is 35.6 Å². The number of thioether (sulfide) groups is 1. The van der Waals surface area contributed by atoms with E-state index in [1.54, 1.807) is 6.07 Å². The fraction of sp³-hybridized carbons (Fsp3) is 0.222. The highest BCUT2D eigenvalue weighted by molar-refractivity contribution is 7.99. The summed E-state index contributed by atoms with van der Waals surface area (Å²) in [4.78, 5) is 10.2. The van der Waals surface area contributed by atoms with Crippen LogP contribution in [0.2, 0.25) is 0 Å². The van der Waals surface area contributed by atoms with Gasteiger partial charge in [-0.05, 0) is 41.5 Å². The average Bonchev–Trinajstić information content (AvgIpc) is 2.63. The van der Waals surface area contributed by atoms with Crippen molar-refractivity contribution in [3.05, 3.63) is 65.0 Å². The molecule has 0 fully saturated rings. The van der Waals surface area contributed by atoms with E-state index in [1.807, 2.05) is 0 Å². The lowest BCUT2D eigenvalue weighted by Crippen LogP contribution is -2.38. The molecule has 2 aromatic carbocycles. The Hall–Kier alpha value is -2.26. The highest BCUT2D eigenvalue weighted by atomic mass is 35.5. The molecule has 148 valence electrons. The second-order valence-electron chi connectivity index (χ2n) is 6.10. The first-order valence-corrected chi connectivity index (χ1v) is 9.37. The Kier molecular flexibility index (Phi) is 5.58. The first-order chi connectivity index (χ1) is 13.1. The molecule has 0 saturated carbocycles. The molecule has 1 aliphatic rings. The van der Waals surface area contributed by atoms with Crippen molar-refractivity contribution in [1.29, 1.82) is 0 Å². The Balaban J connectivity index is 2.11. The summed E-state index contributed by atoms with van der Waals surface area (Å²) >= 11 is 8.36. The zero-order valence-corrected chi connectivity index (χ0v) is 15.7. The molecule has 0 saturated heterocycles. The van der Waals surface area contributed by atoms with Gasteiger partial charge in [-0.15, -0.1) is 23.4 Å². The lowest BCUT2D eigenvalue weighted by Gasteiger charge is -2.39. The highest BCUT2D eigenvalue weighted by Gasteiger charge is 2.45. The topological polar surface area (TPSA) is 67.5 Å². The van der Waals surface area contributed by atoms with Crippen LogP contribution >= 0.6 is 23.4 Å². The predicted octanol–water partition coefficient (Wildman–Crippen LogP) is 4.70. The van der Waals surface area contributed by atoms with Crippen LogP contribution in [0.4, 0.5) is 22.4 Å². The Morgan fingerprint density at radius 3 is 2.57 bits per heavy atom. The Morgan fingerprint density at radius 2 is 1.96 bits per heavy atom. The van der Waals surface area contributed by atoms with Gasteiger partial charge in [-0.2, -0.15) is 18.3 Å². The summed E-state index contributed by atoms with van der Waals surface area (Å²) in [6, 6.07) is 7.64. The van der Waals surface area contributed by atoms with Gasteiger partial charge in [0.15, 0.2) is 0 Å². The van der Waals surface area contributed by atoms with E-state index in [-0.39, 0.29) is 0 Å². The SMILES string of the molecule is NC(=O)NN=CC1CSc2ccc(F)cc2C1(Cl)c1ccc(C(F)(F)F)cc1. The number of hydrogen-bond acceptors (Lipinski definition) is 3. The second-order valence-corrected chi connectivity index (χ2v) is 7.76. The summed E-state index contributed by atoms with van der Waals surface area (Å²) in [6.07, 6.45) is -3.13. The van der Waals surface area contributed by atoms with Crippen molar-refractivity contribution in [2.45, 2.75) is 15.9 Å². The fourth-order valence-corrected chi connectivity index (χ4v) is 4.81. The standard InChI is InChI=1S/C18H14ClF4N3OS/c19-17(10-1-3-11(4-2-10)18(21,22)23)12(8-25-26-16(24)27)9-28-15-6-5-13(20)7-14(15)17/h1-8,12H,9H2,(H3,24,26,27). The first-order valence-electron chi connectivity index (χ1n) is 8.00. The van der Waals surface area contributed by atoms with Crippen molar-refractivity contribution in [1.82, 2.24) is 5.43 Å². The lowest BCUT2D eigenvalue weighted by atomic mass is 9.80. The van der Waals surface area contributed by atoms with E-state index < -0.39 is 34.4 Å². The van der Waals surface area contributed by atoms with E-state index in [4.69, 9.17) is 17.3 Å². The summed E-state index contributed by atoms with van der Waals surface area (Å²) in [5.41, 5.74) is 7.00. The summed E-state index contributed by atoms with van der Waals surface area (Å²) in [5, 5.41) is 3.75. The normalized spacial score (nSPS) is 22.1. The number of alkyl halides is 4. The van der Waals surface area contributed by atoms with E-state index in [9.17, 15) is 22.4 Å². The van der Waals surface area contributed by atoms with Gasteiger partial charge in [-0.25, -0.2) is 14.6 Å². The molecule has 3 rings (SSSR count). The van der Waals surface area contributed by atoms with Gasteiger partial charge >= 0.3 is 12.2 Å². The van der Waals surface area contributed by atoms with Gasteiger partial charge < -0.3 is 5.73 Å². The van der Waals surface area contributed by atoms with Crippen molar-refractivity contribution < 1.29 is 22.4 Å². The molecule has 28 heavy (non-hydrogen) atoms. The van der Waals surface area contributed by atoms with Crippen molar-refractivity contribution in [2.75, 3.05) is 5.75 Å². The second kappa shape index (κ2) is 7.63. The number of carbonyl (C=O) groups excluding carboxylic acids is 1. The van der Waals surface area contributed by atoms with Crippen LogP contribution in [0.1, 0.15) is 16.7 Å². The molecular weight excluding hydrogens is 418 g/mol. The number of hydrazone groups is 1. The molecule has 1 heterocycles. The zero-order valence-electron chi connectivity index (χ0n) is 14.1. The number of primary amides is 1. The first kappa shape index (κ1) is 20.5. The predicted molar refractivity (Wildman–Crippen MR) is 99.9 cm³/mol. The molecule has 2 unspecified atom stereocenters. The van der Waals surface area contributed by atoms with Gasteiger partial charge in [-0.1, -0.05) is 12.1 Å². The minimum Gasteiger partial charge on any atom is -0.350 e. The third kappa shape index (κ3) is 3.95. The monoisotopic (exact) mass is 431 g/mol. The number of urea groups is 1. The molecule has 1 aliphatic heterocycles. The molecular formula is C18H14ClF4N3OS. The maximum absolute atomic E-state index is 13.9. The molecule has 3 N–H and O–H groups in total. The van der Waals surface area contributed by atoms with E-state index >= 15 is 0 Å². The number of fused-ring (bicyclic) bond motifs is 1. The summed E-state index contributed by atoms with van der Waals surface area (Å²) in [6.45, 7) is 0. The Morgan fingerprint density at radius 1 is 1.29 bits per heavy atom. The van der Waals surface area contributed by atoms with Gasteiger partial charge in [0.2, 0.25) is 0 Å². The van der Waals surface area contributed by atoms with Crippen LogP contribution in [0.15, 0.2) is 52.5 Å². The Bertz CT molecular complexity index is 920. The van der Waals surface area contributed by atoms with E-state index in [2.05, 4.69) is 10.5 Å². The van der Waals surface area contributed by atoms with Gasteiger partial charge in [-0.3, -0.25) is 0 Å². The molecule has 0 bridgehead atoms. The minimum atomic E-state index is -4.49. The number of rotatable bonds is 3. The number of nitrogens with one attached hydrogen (secondary N) is 1. The molecule has 0 radical (unpaired) electrons. The number of hydrogen-bond donors (Lipinski definition) is 2. The van der Waals surface area contributed by atoms with Crippen LogP contribution in [0.5, 0.6) is 0 Å². The number of amides is 2. The van der Waals surface area contributed by atoms with Crippen LogP contribution in [0.25, 0.3) is 0 Å². The number of halogens is 5. The van der Waals surface area contributed by atoms with Crippen LogP contribution in [0.3, 0.4) is 0 Å². The quantitative estimate of drug-likeness (QED) is 0.320. The van der Waals surface area contributed by atoms with E-state index in [0.717, 1.165) is 12.1 Å². The minimum absolute atomic E-state index is 0.352. The average molecular weight is 432 g/mol. The molecule has 0 aromatic heterocycles. The fourth-order valence-electron chi connectivity index (χ4n) is 3.01. The van der Waals surface area contributed by atoms with E-state index in [0.29, 0.717) is 21.8 Å². The molecule has 4 nitrogen and oxygen atoms in total. The molecule has 2 atom stereocenters. The van der Waals surface area contributed by atoms with Gasteiger partial charge in [0.05, 0.1) is 5.56 Å². The maximum Gasteiger partial charge on any atom is 0.416 e.